The van der Waals surface area contributed by atoms with Gasteiger partial charge in [-0.05, 0) is 61.4 Å². The van der Waals surface area contributed by atoms with Crippen molar-refractivity contribution < 1.29 is 18.0 Å². The Kier molecular flexibility index (Phi) is 10.6. The van der Waals surface area contributed by atoms with Crippen molar-refractivity contribution in [3.05, 3.63) is 64.7 Å². The number of sulfonamides is 1. The summed E-state index contributed by atoms with van der Waals surface area (Å²) in [5.41, 5.74) is 1.76. The lowest BCUT2D eigenvalue weighted by atomic mass is 9.91. The molecule has 2 amide bonds. The number of aryl methyl sites for hydroxylation is 1. The molecule has 0 atom stereocenters. The van der Waals surface area contributed by atoms with Gasteiger partial charge >= 0.3 is 0 Å². The lowest BCUT2D eigenvalue weighted by Gasteiger charge is -2.40. The van der Waals surface area contributed by atoms with Crippen LogP contribution in [0.2, 0.25) is 5.02 Å². The number of rotatable bonds is 10. The van der Waals surface area contributed by atoms with Crippen LogP contribution in [0.4, 0.5) is 0 Å². The van der Waals surface area contributed by atoms with E-state index >= 15 is 0 Å². The van der Waals surface area contributed by atoms with Gasteiger partial charge in [0.15, 0.2) is 0 Å². The highest BCUT2D eigenvalue weighted by Gasteiger charge is 2.33. The third kappa shape index (κ3) is 8.78. The van der Waals surface area contributed by atoms with E-state index in [9.17, 15) is 18.0 Å². The minimum atomic E-state index is -3.84. The van der Waals surface area contributed by atoms with Crippen LogP contribution >= 0.6 is 11.6 Å². The van der Waals surface area contributed by atoms with Crippen molar-refractivity contribution in [3.63, 3.8) is 0 Å². The Balaban J connectivity index is 1.82. The fourth-order valence-electron chi connectivity index (χ4n) is 4.88. The highest BCUT2D eigenvalue weighted by molar-refractivity contribution is 7.89. The van der Waals surface area contributed by atoms with Crippen LogP contribution in [0.5, 0.6) is 0 Å². The van der Waals surface area contributed by atoms with Crippen molar-refractivity contribution in [2.24, 2.45) is 5.41 Å². The molecule has 1 saturated heterocycles. The van der Waals surface area contributed by atoms with Crippen LogP contribution in [0.15, 0.2) is 53.4 Å². The predicted octanol–water partition coefficient (Wildman–Crippen LogP) is 5.51. The van der Waals surface area contributed by atoms with E-state index in [0.717, 1.165) is 11.1 Å². The predicted molar refractivity (Wildman–Crippen MR) is 156 cm³/mol. The fourth-order valence-corrected chi connectivity index (χ4v) is 6.57. The molecule has 2 aromatic rings. The van der Waals surface area contributed by atoms with Gasteiger partial charge in [0.1, 0.15) is 0 Å². The number of carbonyl (C=O) groups is 2. The Morgan fingerprint density at radius 2 is 1.69 bits per heavy atom. The highest BCUT2D eigenvalue weighted by Crippen LogP contribution is 2.25. The van der Waals surface area contributed by atoms with Gasteiger partial charge < -0.3 is 9.80 Å². The molecule has 2 aromatic carbocycles. The molecule has 0 saturated carbocycles. The number of halogens is 1. The molecule has 1 heterocycles. The van der Waals surface area contributed by atoms with Gasteiger partial charge in [-0.1, -0.05) is 69.1 Å². The van der Waals surface area contributed by atoms with Crippen molar-refractivity contribution in [2.75, 3.05) is 26.2 Å². The summed E-state index contributed by atoms with van der Waals surface area (Å²) in [6.45, 7) is 11.4. The second kappa shape index (κ2) is 13.3. The average molecular weight is 576 g/mol. The van der Waals surface area contributed by atoms with Crippen LogP contribution in [0.3, 0.4) is 0 Å². The molecule has 0 N–H and O–H groups in total. The largest absolute Gasteiger partial charge is 0.343 e. The summed E-state index contributed by atoms with van der Waals surface area (Å²) in [5, 5.41) is 0.581. The van der Waals surface area contributed by atoms with Gasteiger partial charge in [-0.25, -0.2) is 8.42 Å². The third-order valence-electron chi connectivity index (χ3n) is 6.95. The Morgan fingerprint density at radius 1 is 1.05 bits per heavy atom. The number of piperidine rings is 1. The van der Waals surface area contributed by atoms with E-state index in [1.165, 1.54) is 4.31 Å². The van der Waals surface area contributed by atoms with Crippen LogP contribution in [-0.2, 0) is 26.2 Å². The first-order chi connectivity index (χ1) is 18.3. The Bertz CT molecular complexity index is 1230. The monoisotopic (exact) mass is 575 g/mol. The topological polar surface area (TPSA) is 78.0 Å². The summed E-state index contributed by atoms with van der Waals surface area (Å²) >= 11 is 6.23. The van der Waals surface area contributed by atoms with Gasteiger partial charge in [0.2, 0.25) is 21.8 Å². The van der Waals surface area contributed by atoms with Crippen LogP contribution in [0, 0.1) is 12.3 Å². The van der Waals surface area contributed by atoms with Crippen molar-refractivity contribution in [1.29, 1.82) is 0 Å². The zero-order valence-electron chi connectivity index (χ0n) is 23.8. The molecule has 0 radical (unpaired) electrons. The molecule has 7 nitrogen and oxygen atoms in total. The summed E-state index contributed by atoms with van der Waals surface area (Å²) in [7, 11) is -3.84. The average Bonchev–Trinajstić information content (AvgIpc) is 2.86. The molecule has 0 unspecified atom stereocenters. The van der Waals surface area contributed by atoms with Crippen LogP contribution in [-0.4, -0.2) is 66.6 Å². The molecular formula is C30H42ClN3O4S. The Labute approximate surface area is 239 Å². The molecule has 1 aliphatic rings. The summed E-state index contributed by atoms with van der Waals surface area (Å²) < 4.78 is 28.3. The van der Waals surface area contributed by atoms with Gasteiger partial charge in [0, 0.05) is 43.7 Å². The van der Waals surface area contributed by atoms with Crippen LogP contribution in [0.1, 0.15) is 64.5 Å². The molecule has 0 spiro atoms. The highest BCUT2D eigenvalue weighted by atomic mass is 35.5. The van der Waals surface area contributed by atoms with Crippen LogP contribution in [0.25, 0.3) is 0 Å². The fraction of sp³-hybridized carbons (Fsp3) is 0.533. The first-order valence-electron chi connectivity index (χ1n) is 13.7. The molecule has 3 rings (SSSR count). The zero-order chi connectivity index (χ0) is 28.8. The quantitative estimate of drug-likeness (QED) is 0.374. The summed E-state index contributed by atoms with van der Waals surface area (Å²) in [6, 6.07) is 14.0. The van der Waals surface area contributed by atoms with E-state index in [4.69, 9.17) is 11.6 Å². The number of hydrogen-bond donors (Lipinski definition) is 0. The van der Waals surface area contributed by atoms with Crippen molar-refractivity contribution in [3.8, 4) is 0 Å². The molecule has 9 heteroatoms. The number of nitrogens with zero attached hydrogens (tertiary/aromatic N) is 3. The molecular weight excluding hydrogens is 534 g/mol. The van der Waals surface area contributed by atoms with Gasteiger partial charge in [0.25, 0.3) is 0 Å². The third-order valence-corrected chi connectivity index (χ3v) is 9.04. The van der Waals surface area contributed by atoms with Crippen molar-refractivity contribution in [2.45, 2.75) is 77.8 Å². The molecule has 0 aliphatic carbocycles. The zero-order valence-corrected chi connectivity index (χ0v) is 25.4. The summed E-state index contributed by atoms with van der Waals surface area (Å²) in [4.78, 5) is 30.5. The first-order valence-corrected chi connectivity index (χ1v) is 15.5. The van der Waals surface area contributed by atoms with E-state index in [1.54, 1.807) is 35.2 Å². The van der Waals surface area contributed by atoms with Crippen LogP contribution < -0.4 is 0 Å². The SMILES string of the molecule is CCCN(CC(=O)N(Cc1cccc(Cl)c1)C1CCN(C(=O)CC(C)(C)C)CC1)S(=O)(=O)c1ccc(C)cc1. The second-order valence-electron chi connectivity index (χ2n) is 11.7. The minimum absolute atomic E-state index is 0.0891. The van der Waals surface area contributed by atoms with Gasteiger partial charge in [-0.15, -0.1) is 0 Å². The summed E-state index contributed by atoms with van der Waals surface area (Å²) in [6.07, 6.45) is 2.34. The summed E-state index contributed by atoms with van der Waals surface area (Å²) in [5.74, 6) is -0.120. The molecule has 1 aliphatic heterocycles. The number of benzene rings is 2. The van der Waals surface area contributed by atoms with Gasteiger partial charge in [0.05, 0.1) is 11.4 Å². The van der Waals surface area contributed by atoms with E-state index in [2.05, 4.69) is 20.8 Å². The van der Waals surface area contributed by atoms with Crippen molar-refractivity contribution in [1.82, 2.24) is 14.1 Å². The number of hydrogen-bond acceptors (Lipinski definition) is 4. The molecule has 0 aromatic heterocycles. The molecule has 39 heavy (non-hydrogen) atoms. The van der Waals surface area contributed by atoms with Crippen molar-refractivity contribution >= 4 is 33.4 Å². The van der Waals surface area contributed by atoms with E-state index < -0.39 is 10.0 Å². The maximum absolute atomic E-state index is 13.9. The smallest absolute Gasteiger partial charge is 0.243 e. The molecule has 214 valence electrons. The normalized spacial score (nSPS) is 15.0. The Morgan fingerprint density at radius 3 is 2.26 bits per heavy atom. The number of amides is 2. The first kappa shape index (κ1) is 31.1. The standard InChI is InChI=1S/C30H42ClN3O4S/c1-6-16-33(39(37,38)27-12-10-23(2)11-13-27)22-29(36)34(21-24-8-7-9-25(31)19-24)26-14-17-32(18-15-26)28(35)20-30(3,4)5/h7-13,19,26H,6,14-18,20-22H2,1-5H3. The second-order valence-corrected chi connectivity index (χ2v) is 14.0. The van der Waals surface area contributed by atoms with Gasteiger partial charge in [-0.3, -0.25) is 9.59 Å². The van der Waals surface area contributed by atoms with E-state index in [1.807, 2.05) is 36.9 Å². The molecule has 1 fully saturated rings. The lowest BCUT2D eigenvalue weighted by molar-refractivity contribution is -0.138. The molecule has 0 bridgehead atoms. The van der Waals surface area contributed by atoms with E-state index in [0.29, 0.717) is 50.3 Å². The van der Waals surface area contributed by atoms with Gasteiger partial charge in [-0.2, -0.15) is 4.31 Å². The number of likely N-dealkylation sites (tertiary alicyclic amines) is 1. The maximum Gasteiger partial charge on any atom is 0.243 e. The lowest BCUT2D eigenvalue weighted by Crippen LogP contribution is -2.51. The minimum Gasteiger partial charge on any atom is -0.343 e. The number of carbonyl (C=O) groups excluding carboxylic acids is 2. The Hall–Kier alpha value is -2.42. The maximum atomic E-state index is 13.9. The van der Waals surface area contributed by atoms with E-state index in [-0.39, 0.29) is 41.3 Å².